The number of aromatic nitrogens is 2. The molecule has 3 heterocycles. The molecule has 0 unspecified atom stereocenters. The molecule has 0 radical (unpaired) electrons. The minimum atomic E-state index is -0.982. The van der Waals surface area contributed by atoms with Crippen LogP contribution >= 0.6 is 11.3 Å². The number of hydrogen-bond acceptors (Lipinski definition) is 4. The molecule has 3 rings (SSSR count). The van der Waals surface area contributed by atoms with Crippen LogP contribution in [-0.4, -0.2) is 44.5 Å². The zero-order valence-corrected chi connectivity index (χ0v) is 14.2. The average Bonchev–Trinajstić information content (AvgIpc) is 3.28. The van der Waals surface area contributed by atoms with Gasteiger partial charge in [0.15, 0.2) is 0 Å². The predicted molar refractivity (Wildman–Crippen MR) is 90.9 cm³/mol. The maximum atomic E-state index is 12.4. The summed E-state index contributed by atoms with van der Waals surface area (Å²) in [4.78, 5) is 31.2. The molecule has 0 aliphatic carbocycles. The molecule has 0 atom stereocenters. The summed E-state index contributed by atoms with van der Waals surface area (Å²) < 4.78 is 1.66. The maximum Gasteiger partial charge on any atom is 0.330 e. The molecule has 0 aromatic carbocycles. The molecule has 1 fully saturated rings. The number of aryl methyl sites for hydroxylation is 1. The first-order valence-corrected chi connectivity index (χ1v) is 9.02. The van der Waals surface area contributed by atoms with Crippen LogP contribution in [0.2, 0.25) is 0 Å². The normalized spacial score (nSPS) is 16.9. The number of imidazole rings is 1. The van der Waals surface area contributed by atoms with Crippen molar-refractivity contribution in [3.63, 3.8) is 0 Å². The summed E-state index contributed by atoms with van der Waals surface area (Å²) in [6, 6.07) is 4.11. The number of amides is 1. The number of hydrogen-bond donors (Lipinski definition) is 1. The summed E-state index contributed by atoms with van der Waals surface area (Å²) >= 11 is 1.71. The van der Waals surface area contributed by atoms with Crippen LogP contribution in [0, 0.1) is 0 Å². The van der Waals surface area contributed by atoms with Crippen LogP contribution in [0.5, 0.6) is 0 Å². The zero-order valence-electron chi connectivity index (χ0n) is 13.4. The molecule has 1 aliphatic heterocycles. The van der Waals surface area contributed by atoms with Crippen molar-refractivity contribution >= 4 is 23.2 Å². The fourth-order valence-corrected chi connectivity index (χ4v) is 4.00. The number of carboxylic acids is 1. The fraction of sp³-hybridized carbons (Fsp3) is 0.471. The Morgan fingerprint density at radius 2 is 2.12 bits per heavy atom. The van der Waals surface area contributed by atoms with E-state index in [0.717, 1.165) is 12.8 Å². The maximum absolute atomic E-state index is 12.4. The van der Waals surface area contributed by atoms with E-state index in [9.17, 15) is 14.7 Å². The van der Waals surface area contributed by atoms with Gasteiger partial charge in [0.25, 0.3) is 0 Å². The molecule has 6 nitrogen and oxygen atoms in total. The summed E-state index contributed by atoms with van der Waals surface area (Å²) in [5.74, 6) is -0.735. The lowest BCUT2D eigenvalue weighted by Crippen LogP contribution is -2.52. The third kappa shape index (κ3) is 3.36. The summed E-state index contributed by atoms with van der Waals surface area (Å²) in [7, 11) is 0. The van der Waals surface area contributed by atoms with Crippen LogP contribution in [0.3, 0.4) is 0 Å². The second kappa shape index (κ2) is 7.17. The highest BCUT2D eigenvalue weighted by Gasteiger charge is 2.43. The van der Waals surface area contributed by atoms with E-state index in [1.807, 2.05) is 11.4 Å². The molecule has 0 saturated carbocycles. The molecule has 0 spiro atoms. The van der Waals surface area contributed by atoms with E-state index in [1.165, 1.54) is 4.88 Å². The molecule has 1 amide bonds. The Bertz CT molecular complexity index is 674. The lowest BCUT2D eigenvalue weighted by atomic mass is 9.87. The molecule has 7 heteroatoms. The molecular formula is C17H21N3O3S. The van der Waals surface area contributed by atoms with E-state index in [-0.39, 0.29) is 5.91 Å². The summed E-state index contributed by atoms with van der Waals surface area (Å²) in [5, 5.41) is 11.7. The monoisotopic (exact) mass is 347 g/mol. The molecule has 1 aliphatic rings. The highest BCUT2D eigenvalue weighted by molar-refractivity contribution is 7.09. The van der Waals surface area contributed by atoms with Gasteiger partial charge in [-0.3, -0.25) is 4.79 Å². The minimum absolute atomic E-state index is 0.121. The lowest BCUT2D eigenvalue weighted by Gasteiger charge is -2.39. The number of thiophene rings is 1. The van der Waals surface area contributed by atoms with Crippen LogP contribution in [0.1, 0.15) is 30.6 Å². The first-order valence-electron chi connectivity index (χ1n) is 8.14. The van der Waals surface area contributed by atoms with Crippen molar-refractivity contribution in [1.82, 2.24) is 14.5 Å². The first-order chi connectivity index (χ1) is 11.6. The number of piperidine rings is 1. The molecule has 128 valence electrons. The molecular weight excluding hydrogens is 326 g/mol. The van der Waals surface area contributed by atoms with Crippen molar-refractivity contribution < 1.29 is 14.7 Å². The molecule has 1 N–H and O–H groups in total. The minimum Gasteiger partial charge on any atom is -0.479 e. The van der Waals surface area contributed by atoms with E-state index < -0.39 is 11.5 Å². The van der Waals surface area contributed by atoms with E-state index in [2.05, 4.69) is 11.1 Å². The van der Waals surface area contributed by atoms with Gasteiger partial charge in [-0.05, 0) is 37.1 Å². The average molecular weight is 347 g/mol. The van der Waals surface area contributed by atoms with Crippen molar-refractivity contribution in [2.45, 2.75) is 37.6 Å². The number of nitrogens with zero attached hydrogens (tertiary/aromatic N) is 3. The standard InChI is InChI=1S/C17H21N3O3S/c21-15(5-1-3-14-4-2-12-24-14)19-9-6-17(7-10-19,16(22)23)20-11-8-18-13-20/h2,4,8,11-13H,1,3,5-7,9-10H2,(H,22,23). The van der Waals surface area contributed by atoms with Gasteiger partial charge in [-0.15, -0.1) is 11.3 Å². The Morgan fingerprint density at radius 3 is 2.71 bits per heavy atom. The first kappa shape index (κ1) is 16.7. The van der Waals surface area contributed by atoms with Gasteiger partial charge < -0.3 is 14.6 Å². The van der Waals surface area contributed by atoms with E-state index >= 15 is 0 Å². The van der Waals surface area contributed by atoms with Gasteiger partial charge in [-0.1, -0.05) is 6.07 Å². The Morgan fingerprint density at radius 1 is 1.33 bits per heavy atom. The summed E-state index contributed by atoms with van der Waals surface area (Å²) in [5.41, 5.74) is -0.982. The Labute approximate surface area is 144 Å². The zero-order chi connectivity index (χ0) is 17.0. The van der Waals surface area contributed by atoms with Crippen molar-refractivity contribution in [3.8, 4) is 0 Å². The van der Waals surface area contributed by atoms with E-state index in [0.29, 0.717) is 32.4 Å². The Kier molecular flexibility index (Phi) is 4.99. The fourth-order valence-electron chi connectivity index (χ4n) is 3.25. The van der Waals surface area contributed by atoms with Gasteiger partial charge in [0.2, 0.25) is 5.91 Å². The van der Waals surface area contributed by atoms with Gasteiger partial charge in [-0.25, -0.2) is 9.78 Å². The molecule has 24 heavy (non-hydrogen) atoms. The Balaban J connectivity index is 1.54. The number of likely N-dealkylation sites (tertiary alicyclic amines) is 1. The smallest absolute Gasteiger partial charge is 0.330 e. The van der Waals surface area contributed by atoms with Crippen LogP contribution in [0.15, 0.2) is 36.2 Å². The highest BCUT2D eigenvalue weighted by atomic mass is 32.1. The van der Waals surface area contributed by atoms with Crippen molar-refractivity contribution in [2.75, 3.05) is 13.1 Å². The van der Waals surface area contributed by atoms with Crippen molar-refractivity contribution in [2.24, 2.45) is 0 Å². The van der Waals surface area contributed by atoms with Gasteiger partial charge in [0.05, 0.1) is 6.33 Å². The number of rotatable bonds is 6. The topological polar surface area (TPSA) is 75.4 Å². The van der Waals surface area contributed by atoms with Crippen LogP contribution < -0.4 is 0 Å². The SMILES string of the molecule is O=C(CCCc1cccs1)N1CCC(C(=O)O)(n2ccnc2)CC1. The van der Waals surface area contributed by atoms with Crippen LogP contribution in [0.4, 0.5) is 0 Å². The summed E-state index contributed by atoms with van der Waals surface area (Å²) in [6.07, 6.45) is 7.92. The van der Waals surface area contributed by atoms with Gasteiger partial charge in [0, 0.05) is 36.8 Å². The van der Waals surface area contributed by atoms with Gasteiger partial charge >= 0.3 is 5.97 Å². The molecule has 1 saturated heterocycles. The van der Waals surface area contributed by atoms with Crippen molar-refractivity contribution in [3.05, 3.63) is 41.1 Å². The van der Waals surface area contributed by atoms with Crippen LogP contribution in [0.25, 0.3) is 0 Å². The Hall–Kier alpha value is -2.15. The predicted octanol–water partition coefficient (Wildman–Crippen LogP) is 2.37. The largest absolute Gasteiger partial charge is 0.479 e. The quantitative estimate of drug-likeness (QED) is 0.870. The van der Waals surface area contributed by atoms with E-state index in [4.69, 9.17) is 0 Å². The second-order valence-electron chi connectivity index (χ2n) is 6.12. The van der Waals surface area contributed by atoms with Gasteiger partial charge in [-0.2, -0.15) is 0 Å². The third-order valence-electron chi connectivity index (χ3n) is 4.73. The number of carbonyl (C=O) groups excluding carboxylic acids is 1. The van der Waals surface area contributed by atoms with Gasteiger partial charge in [0.1, 0.15) is 5.54 Å². The number of aliphatic carboxylic acids is 1. The number of carboxylic acid groups (broad SMARTS) is 1. The van der Waals surface area contributed by atoms with E-state index in [1.54, 1.807) is 39.5 Å². The molecule has 2 aromatic rings. The van der Waals surface area contributed by atoms with Crippen LogP contribution in [-0.2, 0) is 21.5 Å². The highest BCUT2D eigenvalue weighted by Crippen LogP contribution is 2.31. The third-order valence-corrected chi connectivity index (χ3v) is 5.67. The molecule has 0 bridgehead atoms. The number of carbonyl (C=O) groups is 2. The summed E-state index contributed by atoms with van der Waals surface area (Å²) in [6.45, 7) is 0.949. The van der Waals surface area contributed by atoms with Crippen molar-refractivity contribution in [1.29, 1.82) is 0 Å². The molecule has 2 aromatic heterocycles. The second-order valence-corrected chi connectivity index (χ2v) is 7.15. The lowest BCUT2D eigenvalue weighted by molar-refractivity contribution is -0.152.